The third kappa shape index (κ3) is 3.69. The van der Waals surface area contributed by atoms with Crippen LogP contribution >= 0.6 is 11.6 Å². The molecule has 0 fully saturated rings. The van der Waals surface area contributed by atoms with Crippen molar-refractivity contribution in [1.29, 1.82) is 0 Å². The first-order chi connectivity index (χ1) is 14.5. The van der Waals surface area contributed by atoms with Gasteiger partial charge in [-0.1, -0.05) is 23.7 Å². The molecule has 1 aliphatic rings. The summed E-state index contributed by atoms with van der Waals surface area (Å²) >= 11 is 6.05. The summed E-state index contributed by atoms with van der Waals surface area (Å²) in [6.45, 7) is 1.93. The maximum Gasteiger partial charge on any atom is 0.278 e. The Balaban J connectivity index is 1.76. The van der Waals surface area contributed by atoms with E-state index in [9.17, 15) is 9.59 Å². The molecule has 0 spiro atoms. The summed E-state index contributed by atoms with van der Waals surface area (Å²) in [7, 11) is 1.57. The fourth-order valence-corrected chi connectivity index (χ4v) is 3.55. The van der Waals surface area contributed by atoms with Crippen LogP contribution in [0.25, 0.3) is 5.57 Å². The average Bonchev–Trinajstić information content (AvgIpc) is 3.33. The van der Waals surface area contributed by atoms with Gasteiger partial charge < -0.3 is 14.5 Å². The lowest BCUT2D eigenvalue weighted by Gasteiger charge is -2.14. The molecule has 0 unspecified atom stereocenters. The number of nitrogens with one attached hydrogen (secondary N) is 1. The molecular formula is C23H19ClN2O4. The predicted octanol–water partition coefficient (Wildman–Crippen LogP) is 4.64. The lowest BCUT2D eigenvalue weighted by Crippen LogP contribution is -2.31. The van der Waals surface area contributed by atoms with Gasteiger partial charge in [0.2, 0.25) is 0 Å². The van der Waals surface area contributed by atoms with Crippen LogP contribution < -0.4 is 10.1 Å². The van der Waals surface area contributed by atoms with E-state index in [4.69, 9.17) is 20.8 Å². The third-order valence-electron chi connectivity index (χ3n) is 4.89. The number of anilines is 1. The molecule has 1 aromatic heterocycles. The molecule has 0 saturated heterocycles. The monoisotopic (exact) mass is 422 g/mol. The minimum Gasteiger partial charge on any atom is -0.497 e. The molecule has 6 nitrogen and oxygen atoms in total. The molecule has 0 atom stereocenters. The van der Waals surface area contributed by atoms with Gasteiger partial charge in [0.15, 0.2) is 0 Å². The highest BCUT2D eigenvalue weighted by Gasteiger charge is 2.39. The van der Waals surface area contributed by atoms with E-state index in [1.807, 2.05) is 6.92 Å². The molecule has 0 radical (unpaired) electrons. The van der Waals surface area contributed by atoms with E-state index in [2.05, 4.69) is 5.32 Å². The molecule has 1 aliphatic heterocycles. The van der Waals surface area contributed by atoms with E-state index < -0.39 is 11.8 Å². The number of hydrogen-bond donors (Lipinski definition) is 1. The molecule has 0 aliphatic carbocycles. The lowest BCUT2D eigenvalue weighted by atomic mass is 10.0. The highest BCUT2D eigenvalue weighted by atomic mass is 35.5. The van der Waals surface area contributed by atoms with Crippen molar-refractivity contribution in [3.63, 3.8) is 0 Å². The van der Waals surface area contributed by atoms with Crippen molar-refractivity contribution in [2.24, 2.45) is 0 Å². The minimum absolute atomic E-state index is 0.0507. The number of nitrogens with zero attached hydrogens (tertiary/aromatic N) is 1. The minimum atomic E-state index is -0.420. The zero-order chi connectivity index (χ0) is 21.3. The van der Waals surface area contributed by atoms with Crippen molar-refractivity contribution in [3.8, 4) is 5.75 Å². The second-order valence-electron chi connectivity index (χ2n) is 6.84. The topological polar surface area (TPSA) is 71.8 Å². The van der Waals surface area contributed by atoms with Gasteiger partial charge in [-0.2, -0.15) is 0 Å². The van der Waals surface area contributed by atoms with Gasteiger partial charge >= 0.3 is 0 Å². The van der Waals surface area contributed by atoms with Gasteiger partial charge in [0.25, 0.3) is 11.8 Å². The van der Waals surface area contributed by atoms with E-state index in [0.717, 1.165) is 5.56 Å². The Kier molecular flexibility index (Phi) is 5.33. The van der Waals surface area contributed by atoms with Crippen LogP contribution in [0, 0.1) is 6.92 Å². The number of carbonyl (C=O) groups is 2. The number of carbonyl (C=O) groups excluding carboxylic acids is 2. The maximum absolute atomic E-state index is 13.2. The SMILES string of the molecule is COc1ccc(C2=C(Nc3ccc(Cl)cc3C)C(=O)N(Cc3ccco3)C2=O)cc1. The van der Waals surface area contributed by atoms with E-state index in [0.29, 0.717) is 33.4 Å². The first kappa shape index (κ1) is 19.8. The lowest BCUT2D eigenvalue weighted by molar-refractivity contribution is -0.137. The first-order valence-electron chi connectivity index (χ1n) is 9.28. The van der Waals surface area contributed by atoms with Crippen molar-refractivity contribution in [2.45, 2.75) is 13.5 Å². The van der Waals surface area contributed by atoms with Gasteiger partial charge in [-0.25, -0.2) is 0 Å². The van der Waals surface area contributed by atoms with Gasteiger partial charge in [0, 0.05) is 10.7 Å². The standard InChI is InChI=1S/C23H19ClN2O4/c1-14-12-16(24)7-10-19(14)25-21-20(15-5-8-17(29-2)9-6-15)22(27)26(23(21)28)13-18-4-3-11-30-18/h3-12,25H,13H2,1-2H3. The molecule has 4 rings (SSSR count). The Hall–Kier alpha value is -3.51. The van der Waals surface area contributed by atoms with Crippen molar-refractivity contribution in [1.82, 2.24) is 4.90 Å². The molecule has 30 heavy (non-hydrogen) atoms. The molecule has 2 aromatic carbocycles. The van der Waals surface area contributed by atoms with Gasteiger partial charge in [-0.15, -0.1) is 0 Å². The van der Waals surface area contributed by atoms with Crippen LogP contribution in [0.1, 0.15) is 16.9 Å². The summed E-state index contributed by atoms with van der Waals surface area (Å²) in [5.41, 5.74) is 2.67. The van der Waals surface area contributed by atoms with Gasteiger partial charge in [-0.05, 0) is 60.5 Å². The van der Waals surface area contributed by atoms with E-state index >= 15 is 0 Å². The summed E-state index contributed by atoms with van der Waals surface area (Å²) in [5, 5.41) is 3.74. The molecular weight excluding hydrogens is 404 g/mol. The van der Waals surface area contributed by atoms with Crippen LogP contribution in [0.5, 0.6) is 5.75 Å². The van der Waals surface area contributed by atoms with Crippen LogP contribution in [-0.2, 0) is 16.1 Å². The molecule has 0 saturated carbocycles. The molecule has 1 N–H and O–H groups in total. The fraction of sp³-hybridized carbons (Fsp3) is 0.130. The molecule has 7 heteroatoms. The largest absolute Gasteiger partial charge is 0.497 e. The van der Waals surface area contributed by atoms with Crippen LogP contribution in [0.2, 0.25) is 5.02 Å². The summed E-state index contributed by atoms with van der Waals surface area (Å²) in [6.07, 6.45) is 1.51. The molecule has 0 bridgehead atoms. The van der Waals surface area contributed by atoms with E-state index in [-0.39, 0.29) is 12.2 Å². The van der Waals surface area contributed by atoms with Crippen LogP contribution in [0.4, 0.5) is 5.69 Å². The Morgan fingerprint density at radius 3 is 2.47 bits per heavy atom. The maximum atomic E-state index is 13.2. The molecule has 2 heterocycles. The van der Waals surface area contributed by atoms with Crippen molar-refractivity contribution in [2.75, 3.05) is 12.4 Å². The molecule has 152 valence electrons. The number of amides is 2. The Morgan fingerprint density at radius 1 is 1.07 bits per heavy atom. The summed E-state index contributed by atoms with van der Waals surface area (Å²) in [4.78, 5) is 27.6. The second kappa shape index (κ2) is 8.08. The summed E-state index contributed by atoms with van der Waals surface area (Å²) in [5.74, 6) is 0.369. The van der Waals surface area contributed by atoms with Crippen LogP contribution in [0.3, 0.4) is 0 Å². The van der Waals surface area contributed by atoms with Gasteiger partial charge in [-0.3, -0.25) is 14.5 Å². The van der Waals surface area contributed by atoms with Gasteiger partial charge in [0.05, 0.1) is 25.5 Å². The predicted molar refractivity (Wildman–Crippen MR) is 114 cm³/mol. The van der Waals surface area contributed by atoms with Crippen molar-refractivity contribution < 1.29 is 18.7 Å². The highest BCUT2D eigenvalue weighted by molar-refractivity contribution is 6.36. The number of furan rings is 1. The van der Waals surface area contributed by atoms with Crippen molar-refractivity contribution in [3.05, 3.63) is 88.5 Å². The number of ether oxygens (including phenoxy) is 1. The van der Waals surface area contributed by atoms with Crippen LogP contribution in [0.15, 0.2) is 71.0 Å². The van der Waals surface area contributed by atoms with Crippen molar-refractivity contribution >= 4 is 34.7 Å². The number of aryl methyl sites for hydroxylation is 1. The normalized spacial score (nSPS) is 13.9. The Labute approximate surface area is 178 Å². The summed E-state index contributed by atoms with van der Waals surface area (Å²) < 4.78 is 10.5. The quantitative estimate of drug-likeness (QED) is 0.586. The Morgan fingerprint density at radius 2 is 1.83 bits per heavy atom. The zero-order valence-electron chi connectivity index (χ0n) is 16.4. The number of hydrogen-bond acceptors (Lipinski definition) is 5. The highest BCUT2D eigenvalue weighted by Crippen LogP contribution is 2.33. The molecule has 2 amide bonds. The van der Waals surface area contributed by atoms with E-state index in [1.165, 1.54) is 11.2 Å². The average molecular weight is 423 g/mol. The number of rotatable bonds is 6. The van der Waals surface area contributed by atoms with Crippen LogP contribution in [-0.4, -0.2) is 23.8 Å². The zero-order valence-corrected chi connectivity index (χ0v) is 17.2. The smallest absolute Gasteiger partial charge is 0.278 e. The Bertz CT molecular complexity index is 1130. The third-order valence-corrected chi connectivity index (χ3v) is 5.12. The first-order valence-corrected chi connectivity index (χ1v) is 9.66. The van der Waals surface area contributed by atoms with Gasteiger partial charge in [0.1, 0.15) is 17.2 Å². The number of halogens is 1. The summed E-state index contributed by atoms with van der Waals surface area (Å²) in [6, 6.07) is 15.8. The number of imide groups is 1. The van der Waals surface area contributed by atoms with E-state index in [1.54, 1.807) is 61.7 Å². The number of benzene rings is 2. The fourth-order valence-electron chi connectivity index (χ4n) is 3.32. The molecule has 3 aromatic rings. The second-order valence-corrected chi connectivity index (χ2v) is 7.27. The number of methoxy groups -OCH3 is 1.